The Kier molecular flexibility index (Phi) is 5.19. The quantitative estimate of drug-likeness (QED) is 0.478. The predicted molar refractivity (Wildman–Crippen MR) is 116 cm³/mol. The van der Waals surface area contributed by atoms with E-state index < -0.39 is 38.0 Å². The highest BCUT2D eigenvalue weighted by Gasteiger charge is 2.68. The molecular formula is C21H15F3N8O4S. The molecule has 16 heteroatoms. The number of halogens is 3. The number of aromatic nitrogens is 4. The van der Waals surface area contributed by atoms with Crippen LogP contribution in [0.25, 0.3) is 16.9 Å². The molecule has 3 aliphatic carbocycles. The first-order chi connectivity index (χ1) is 17.4. The highest BCUT2D eigenvalue weighted by atomic mass is 32.2. The molecule has 3 saturated carbocycles. The average Bonchev–Trinajstić information content (AvgIpc) is 3.53. The van der Waals surface area contributed by atoms with Crippen molar-refractivity contribution in [2.24, 2.45) is 5.41 Å². The van der Waals surface area contributed by atoms with Gasteiger partial charge in [-0.25, -0.2) is 27.7 Å². The SMILES string of the molecule is N#Cc1ccc(S(=O)(=O)N(OC(=O)C(F)(F)F)C23CCC(C#N)(C2)C3)cc1-c1cnc2c(N)ncnn12. The first-order valence-electron chi connectivity index (χ1n) is 10.6. The van der Waals surface area contributed by atoms with Gasteiger partial charge in [-0.1, -0.05) is 0 Å². The van der Waals surface area contributed by atoms with Gasteiger partial charge in [-0.05, 0) is 48.4 Å². The standard InChI is InChI=1S/C21H15F3N8O4S/c22-21(23,24)18(33)36-32(20-4-3-19(8-20,9-20)10-26)37(34,35)13-2-1-12(6-25)14(5-13)15-7-28-17-16(27)29-11-30-31(15)17/h1-2,5,7,11H,3-4,8-9H2,(H2,27,29,30). The van der Waals surface area contributed by atoms with Gasteiger partial charge in [0.2, 0.25) is 0 Å². The average molecular weight is 532 g/mol. The zero-order valence-electron chi connectivity index (χ0n) is 18.6. The van der Waals surface area contributed by atoms with Crippen molar-refractivity contribution in [1.82, 2.24) is 24.1 Å². The van der Waals surface area contributed by atoms with E-state index in [0.717, 1.165) is 24.5 Å². The van der Waals surface area contributed by atoms with E-state index in [1.54, 1.807) is 0 Å². The van der Waals surface area contributed by atoms with E-state index in [4.69, 9.17) is 5.73 Å². The van der Waals surface area contributed by atoms with E-state index in [2.05, 4.69) is 26.0 Å². The number of hydrogen-bond acceptors (Lipinski definition) is 10. The summed E-state index contributed by atoms with van der Waals surface area (Å²) in [6, 6.07) is 7.20. The number of hydroxylamine groups is 1. The van der Waals surface area contributed by atoms with Crippen LogP contribution < -0.4 is 5.73 Å². The van der Waals surface area contributed by atoms with Gasteiger partial charge in [-0.2, -0.15) is 28.8 Å². The molecule has 3 fully saturated rings. The summed E-state index contributed by atoms with van der Waals surface area (Å²) in [6.07, 6.45) is -2.99. The number of rotatable bonds is 5. The Balaban J connectivity index is 1.63. The second kappa shape index (κ2) is 7.86. The lowest BCUT2D eigenvalue weighted by molar-refractivity contribution is -0.241. The van der Waals surface area contributed by atoms with Crippen LogP contribution in [0.15, 0.2) is 35.6 Å². The lowest BCUT2D eigenvalue weighted by Gasteiger charge is -2.47. The van der Waals surface area contributed by atoms with Gasteiger partial charge >= 0.3 is 12.1 Å². The number of sulfonamides is 1. The molecule has 2 heterocycles. The Morgan fingerprint density at radius 3 is 2.57 bits per heavy atom. The third kappa shape index (κ3) is 3.64. The van der Waals surface area contributed by atoms with Crippen LogP contribution in [0, 0.1) is 28.1 Å². The summed E-state index contributed by atoms with van der Waals surface area (Å²) in [5.41, 5.74) is 3.69. The number of fused-ring (bicyclic) bond motifs is 2. The summed E-state index contributed by atoms with van der Waals surface area (Å²) in [5, 5.41) is 23.1. The fourth-order valence-corrected chi connectivity index (χ4v) is 6.62. The molecule has 0 aliphatic heterocycles. The van der Waals surface area contributed by atoms with Crippen molar-refractivity contribution < 1.29 is 31.2 Å². The molecule has 37 heavy (non-hydrogen) atoms. The summed E-state index contributed by atoms with van der Waals surface area (Å²) < 4.78 is 67.9. The molecule has 0 atom stereocenters. The molecule has 3 aliphatic rings. The van der Waals surface area contributed by atoms with Crippen molar-refractivity contribution in [1.29, 1.82) is 10.5 Å². The fourth-order valence-electron chi connectivity index (χ4n) is 5.02. The molecular weight excluding hydrogens is 517 g/mol. The van der Waals surface area contributed by atoms with Crippen molar-refractivity contribution in [2.45, 2.75) is 42.3 Å². The maximum absolute atomic E-state index is 13.7. The Labute approximate surface area is 206 Å². The van der Waals surface area contributed by atoms with Gasteiger partial charge < -0.3 is 10.6 Å². The number of alkyl halides is 3. The van der Waals surface area contributed by atoms with Gasteiger partial charge in [-0.15, -0.1) is 0 Å². The van der Waals surface area contributed by atoms with Gasteiger partial charge in [0.25, 0.3) is 10.0 Å². The van der Waals surface area contributed by atoms with E-state index >= 15 is 0 Å². The second-order valence-electron chi connectivity index (χ2n) is 8.92. The van der Waals surface area contributed by atoms with Gasteiger partial charge in [0.15, 0.2) is 11.5 Å². The van der Waals surface area contributed by atoms with Crippen LogP contribution in [-0.4, -0.2) is 50.2 Å². The minimum atomic E-state index is -5.47. The lowest BCUT2D eigenvalue weighted by atomic mass is 9.66. The highest BCUT2D eigenvalue weighted by molar-refractivity contribution is 7.89. The normalized spacial score (nSPS) is 22.9. The number of nitriles is 2. The second-order valence-corrected chi connectivity index (χ2v) is 10.7. The highest BCUT2D eigenvalue weighted by Crippen LogP contribution is 2.64. The van der Waals surface area contributed by atoms with E-state index in [1.807, 2.05) is 6.07 Å². The zero-order chi connectivity index (χ0) is 26.8. The largest absolute Gasteiger partial charge is 0.492 e. The minimum absolute atomic E-state index is 0.00272. The molecule has 1 aromatic carbocycles. The monoisotopic (exact) mass is 532 g/mol. The number of benzene rings is 1. The maximum Gasteiger partial charge on any atom is 0.492 e. The number of carbonyl (C=O) groups excluding carboxylic acids is 1. The van der Waals surface area contributed by atoms with Crippen LogP contribution in [0.1, 0.15) is 31.2 Å². The molecule has 2 aromatic heterocycles. The number of hydrogen-bond donors (Lipinski definition) is 1. The first-order valence-corrected chi connectivity index (χ1v) is 12.0. The van der Waals surface area contributed by atoms with Crippen LogP contribution in [0.2, 0.25) is 0 Å². The Bertz CT molecular complexity index is 1650. The molecule has 0 unspecified atom stereocenters. The van der Waals surface area contributed by atoms with Crippen molar-refractivity contribution in [3.05, 3.63) is 36.3 Å². The van der Waals surface area contributed by atoms with Crippen LogP contribution in [0.4, 0.5) is 19.0 Å². The van der Waals surface area contributed by atoms with Crippen LogP contribution in [-0.2, 0) is 19.7 Å². The van der Waals surface area contributed by atoms with E-state index in [9.17, 15) is 36.9 Å². The third-order valence-corrected chi connectivity index (χ3v) is 8.41. The molecule has 0 saturated heterocycles. The number of anilines is 1. The number of imidazole rings is 1. The summed E-state index contributed by atoms with van der Waals surface area (Å²) in [6.45, 7) is 0. The molecule has 6 rings (SSSR count). The Hall–Kier alpha value is -4.28. The molecule has 2 N–H and O–H groups in total. The van der Waals surface area contributed by atoms with E-state index in [0.29, 0.717) is 0 Å². The lowest BCUT2D eigenvalue weighted by Crippen LogP contribution is -2.58. The summed E-state index contributed by atoms with van der Waals surface area (Å²) >= 11 is 0. The molecule has 0 radical (unpaired) electrons. The molecule has 0 spiro atoms. The van der Waals surface area contributed by atoms with Crippen molar-refractivity contribution in [3.8, 4) is 23.4 Å². The minimum Gasteiger partial charge on any atom is -0.381 e. The Morgan fingerprint density at radius 2 is 1.95 bits per heavy atom. The summed E-state index contributed by atoms with van der Waals surface area (Å²) in [7, 11) is -4.91. The maximum atomic E-state index is 13.7. The summed E-state index contributed by atoms with van der Waals surface area (Å²) in [5.74, 6) is -2.70. The first kappa shape index (κ1) is 24.4. The summed E-state index contributed by atoms with van der Waals surface area (Å²) in [4.78, 5) is 23.6. The van der Waals surface area contributed by atoms with Crippen molar-refractivity contribution >= 4 is 27.5 Å². The Morgan fingerprint density at radius 1 is 1.22 bits per heavy atom. The molecule has 12 nitrogen and oxygen atoms in total. The van der Waals surface area contributed by atoms with E-state index in [-0.39, 0.29) is 58.4 Å². The van der Waals surface area contributed by atoms with Gasteiger partial charge in [0, 0.05) is 5.56 Å². The third-order valence-electron chi connectivity index (χ3n) is 6.66. The van der Waals surface area contributed by atoms with Crippen molar-refractivity contribution in [2.75, 3.05) is 5.73 Å². The van der Waals surface area contributed by atoms with Gasteiger partial charge in [0.05, 0.1) is 45.4 Å². The van der Waals surface area contributed by atoms with Crippen LogP contribution in [0.3, 0.4) is 0 Å². The molecule has 0 amide bonds. The van der Waals surface area contributed by atoms with Crippen molar-refractivity contribution in [3.63, 3.8) is 0 Å². The number of nitrogens with zero attached hydrogens (tertiary/aromatic N) is 7. The number of nitrogen functional groups attached to an aromatic ring is 1. The van der Waals surface area contributed by atoms with Gasteiger partial charge in [-0.3, -0.25) is 0 Å². The number of nitrogens with two attached hydrogens (primary N) is 1. The van der Waals surface area contributed by atoms with Crippen LogP contribution >= 0.6 is 0 Å². The molecule has 2 bridgehead atoms. The fraction of sp³-hybridized carbons (Fsp3) is 0.333. The molecule has 3 aromatic rings. The predicted octanol–water partition coefficient (Wildman–Crippen LogP) is 2.09. The van der Waals surface area contributed by atoms with E-state index in [1.165, 1.54) is 10.7 Å². The zero-order valence-corrected chi connectivity index (χ0v) is 19.4. The molecule has 190 valence electrons. The van der Waals surface area contributed by atoms with Crippen LogP contribution in [0.5, 0.6) is 0 Å². The number of carbonyl (C=O) groups is 1. The topological polar surface area (TPSA) is 180 Å². The van der Waals surface area contributed by atoms with Gasteiger partial charge in [0.1, 0.15) is 6.33 Å². The smallest absolute Gasteiger partial charge is 0.381 e.